The summed E-state index contributed by atoms with van der Waals surface area (Å²) in [7, 11) is 0. The first-order chi connectivity index (χ1) is 16.6. The number of benzene rings is 2. The summed E-state index contributed by atoms with van der Waals surface area (Å²) in [6.45, 7) is 6.09. The maximum Gasteiger partial charge on any atom is 0.332 e. The van der Waals surface area contributed by atoms with Gasteiger partial charge in [0.15, 0.2) is 5.11 Å². The number of carbonyl (C=O) groups is 2. The Hall–Kier alpha value is -2.75. The smallest absolute Gasteiger partial charge is 0.332 e. The zero-order valence-corrected chi connectivity index (χ0v) is 19.9. The van der Waals surface area contributed by atoms with Crippen LogP contribution in [0.1, 0.15) is 12.8 Å². The zero-order valence-electron chi connectivity index (χ0n) is 19.1. The van der Waals surface area contributed by atoms with Crippen molar-refractivity contribution in [1.29, 1.82) is 0 Å². The van der Waals surface area contributed by atoms with Gasteiger partial charge in [-0.2, -0.15) is 0 Å². The van der Waals surface area contributed by atoms with Gasteiger partial charge < -0.3 is 19.9 Å². The summed E-state index contributed by atoms with van der Waals surface area (Å²) in [5, 5.41) is 6.01. The lowest BCUT2D eigenvalue weighted by atomic mass is 10.1. The Morgan fingerprint density at radius 3 is 2.74 bits per heavy atom. The fraction of sp³-hybridized carbons (Fsp3) is 0.480. The standard InChI is InChI=1S/C25H29N5O3S/c31-23-22-21-15-18(16-28(21)24(34)26-9-4-10-27-11-13-33-14-12-27)29(22)25(32)30(23)20-8-3-6-17-5-1-2-7-19(17)20/h1-3,5-8,18,21-22H,4,9-16H2,(H,26,34)/t18-,21?,22-/m1/s1. The molecular weight excluding hydrogens is 450 g/mol. The number of fused-ring (bicyclic) bond motifs is 6. The minimum absolute atomic E-state index is 0.0135. The van der Waals surface area contributed by atoms with Crippen molar-refractivity contribution in [3.63, 3.8) is 0 Å². The number of urea groups is 1. The van der Waals surface area contributed by atoms with Crippen molar-refractivity contribution in [3.05, 3.63) is 42.5 Å². The van der Waals surface area contributed by atoms with Crippen LogP contribution >= 0.6 is 12.2 Å². The Kier molecular flexibility index (Phi) is 5.63. The minimum atomic E-state index is -0.474. The summed E-state index contributed by atoms with van der Waals surface area (Å²) < 4.78 is 5.40. The van der Waals surface area contributed by atoms with E-state index in [1.54, 1.807) is 4.90 Å². The van der Waals surface area contributed by atoms with E-state index in [2.05, 4.69) is 15.1 Å². The van der Waals surface area contributed by atoms with Crippen LogP contribution < -0.4 is 10.2 Å². The average molecular weight is 480 g/mol. The van der Waals surface area contributed by atoms with E-state index in [4.69, 9.17) is 17.0 Å². The molecule has 8 nitrogen and oxygen atoms in total. The second kappa shape index (κ2) is 8.79. The minimum Gasteiger partial charge on any atom is -0.379 e. The predicted molar refractivity (Wildman–Crippen MR) is 134 cm³/mol. The first-order valence-corrected chi connectivity index (χ1v) is 12.5. The number of hydrogen-bond donors (Lipinski definition) is 1. The second-order valence-electron chi connectivity index (χ2n) is 9.46. The number of nitrogens with zero attached hydrogens (tertiary/aromatic N) is 4. The number of nitrogens with one attached hydrogen (secondary N) is 1. The summed E-state index contributed by atoms with van der Waals surface area (Å²) in [6, 6.07) is 12.9. The van der Waals surface area contributed by atoms with Gasteiger partial charge in [-0.3, -0.25) is 9.69 Å². The van der Waals surface area contributed by atoms with E-state index >= 15 is 0 Å². The largest absolute Gasteiger partial charge is 0.379 e. The quantitative estimate of drug-likeness (QED) is 0.400. The summed E-state index contributed by atoms with van der Waals surface area (Å²) in [4.78, 5) is 34.7. The Bertz CT molecular complexity index is 1130. The summed E-state index contributed by atoms with van der Waals surface area (Å²) in [5.41, 5.74) is 0.664. The van der Waals surface area contributed by atoms with Crippen LogP contribution in [-0.4, -0.2) is 95.8 Å². The van der Waals surface area contributed by atoms with Gasteiger partial charge in [0.2, 0.25) is 0 Å². The first-order valence-electron chi connectivity index (χ1n) is 12.1. The van der Waals surface area contributed by atoms with Crippen molar-refractivity contribution in [2.45, 2.75) is 31.0 Å². The van der Waals surface area contributed by atoms with Gasteiger partial charge >= 0.3 is 6.03 Å². The Labute approximate surface area is 204 Å². The summed E-state index contributed by atoms with van der Waals surface area (Å²) in [5.74, 6) is -0.145. The van der Waals surface area contributed by atoms with Gasteiger partial charge in [-0.15, -0.1) is 0 Å². The lowest BCUT2D eigenvalue weighted by Crippen LogP contribution is -2.57. The van der Waals surface area contributed by atoms with Gasteiger partial charge in [-0.1, -0.05) is 36.4 Å². The molecule has 1 N–H and O–H groups in total. The number of imide groups is 1. The molecule has 34 heavy (non-hydrogen) atoms. The highest BCUT2D eigenvalue weighted by Crippen LogP contribution is 2.43. The molecule has 2 aromatic rings. The van der Waals surface area contributed by atoms with Crippen LogP contribution in [0.5, 0.6) is 0 Å². The number of piperazine rings is 1. The molecule has 4 aliphatic heterocycles. The normalized spacial score (nSPS) is 26.6. The molecule has 178 valence electrons. The number of anilines is 1. The molecule has 3 atom stereocenters. The monoisotopic (exact) mass is 479 g/mol. The molecule has 4 heterocycles. The van der Waals surface area contributed by atoms with Crippen LogP contribution in [0.25, 0.3) is 10.8 Å². The lowest BCUT2D eigenvalue weighted by Gasteiger charge is -2.36. The average Bonchev–Trinajstić information content (AvgIpc) is 3.53. The summed E-state index contributed by atoms with van der Waals surface area (Å²) in [6.07, 6.45) is 1.80. The molecule has 6 rings (SSSR count). The van der Waals surface area contributed by atoms with E-state index in [0.29, 0.717) is 17.3 Å². The molecule has 4 saturated heterocycles. The van der Waals surface area contributed by atoms with Crippen molar-refractivity contribution < 1.29 is 14.3 Å². The number of ether oxygens (including phenoxy) is 1. The molecule has 4 aliphatic rings. The maximum absolute atomic E-state index is 13.6. The fourth-order valence-electron chi connectivity index (χ4n) is 5.94. The second-order valence-corrected chi connectivity index (χ2v) is 9.84. The van der Waals surface area contributed by atoms with Crippen molar-refractivity contribution in [1.82, 2.24) is 20.0 Å². The van der Waals surface area contributed by atoms with Gasteiger partial charge in [0.1, 0.15) is 6.04 Å². The number of likely N-dealkylation sites (tertiary alicyclic amines) is 1. The highest BCUT2D eigenvalue weighted by atomic mass is 32.1. The zero-order chi connectivity index (χ0) is 23.2. The molecule has 2 bridgehead atoms. The molecular formula is C25H29N5O3S. The highest BCUT2D eigenvalue weighted by molar-refractivity contribution is 7.80. The van der Waals surface area contributed by atoms with E-state index in [1.165, 1.54) is 4.90 Å². The topological polar surface area (TPSA) is 68.4 Å². The van der Waals surface area contributed by atoms with Gasteiger partial charge in [0.05, 0.1) is 31.0 Å². The molecule has 0 spiro atoms. The van der Waals surface area contributed by atoms with Gasteiger partial charge in [-0.05, 0) is 43.1 Å². The maximum atomic E-state index is 13.6. The molecule has 4 fully saturated rings. The van der Waals surface area contributed by atoms with E-state index in [0.717, 1.165) is 63.0 Å². The third-order valence-corrected chi connectivity index (χ3v) is 7.94. The van der Waals surface area contributed by atoms with Crippen molar-refractivity contribution in [3.8, 4) is 0 Å². The number of thiocarbonyl (C=S) groups is 1. The molecule has 3 amide bonds. The van der Waals surface area contributed by atoms with E-state index in [-0.39, 0.29) is 24.0 Å². The van der Waals surface area contributed by atoms with Gasteiger partial charge in [0.25, 0.3) is 5.91 Å². The Morgan fingerprint density at radius 1 is 1.09 bits per heavy atom. The number of morpholine rings is 1. The van der Waals surface area contributed by atoms with Crippen LogP contribution in [0.4, 0.5) is 10.5 Å². The molecule has 0 aromatic heterocycles. The van der Waals surface area contributed by atoms with Crippen LogP contribution in [0.3, 0.4) is 0 Å². The van der Waals surface area contributed by atoms with E-state index in [9.17, 15) is 9.59 Å². The molecule has 0 radical (unpaired) electrons. The number of rotatable bonds is 5. The van der Waals surface area contributed by atoms with Gasteiger partial charge in [-0.25, -0.2) is 9.69 Å². The van der Waals surface area contributed by atoms with Crippen LogP contribution in [0.2, 0.25) is 0 Å². The Balaban J connectivity index is 1.13. The lowest BCUT2D eigenvalue weighted by molar-refractivity contribution is -0.120. The Morgan fingerprint density at radius 2 is 1.88 bits per heavy atom. The number of hydrogen-bond acceptors (Lipinski definition) is 5. The van der Waals surface area contributed by atoms with E-state index < -0.39 is 6.04 Å². The van der Waals surface area contributed by atoms with Crippen LogP contribution in [0.15, 0.2) is 42.5 Å². The molecule has 0 aliphatic carbocycles. The van der Waals surface area contributed by atoms with E-state index in [1.807, 2.05) is 42.5 Å². The molecule has 0 saturated carbocycles. The van der Waals surface area contributed by atoms with Crippen LogP contribution in [-0.2, 0) is 9.53 Å². The third kappa shape index (κ3) is 3.54. The highest BCUT2D eigenvalue weighted by Gasteiger charge is 2.62. The van der Waals surface area contributed by atoms with Crippen molar-refractivity contribution >= 4 is 45.7 Å². The molecule has 1 unspecified atom stereocenters. The molecule has 9 heteroatoms. The predicted octanol–water partition coefficient (Wildman–Crippen LogP) is 2.03. The SMILES string of the molecule is O=C1[C@H]2C3C[C@H](CN3C(=S)NCCCN3CCOCC3)N2C(=O)N1c1cccc2ccccc12. The van der Waals surface area contributed by atoms with Gasteiger partial charge in [0, 0.05) is 31.6 Å². The third-order valence-electron chi connectivity index (χ3n) is 7.56. The molecule has 2 aromatic carbocycles. The van der Waals surface area contributed by atoms with Crippen molar-refractivity contribution in [2.75, 3.05) is 50.8 Å². The van der Waals surface area contributed by atoms with Crippen molar-refractivity contribution in [2.24, 2.45) is 0 Å². The summed E-state index contributed by atoms with van der Waals surface area (Å²) >= 11 is 5.71. The van der Waals surface area contributed by atoms with Crippen LogP contribution in [0, 0.1) is 0 Å². The number of carbonyl (C=O) groups excluding carboxylic acids is 2. The first kappa shape index (κ1) is 21.8. The number of amides is 3. The fourth-order valence-corrected chi connectivity index (χ4v) is 6.25.